The Kier molecular flexibility index (Phi) is 7.71. The number of benzene rings is 1. The number of rotatable bonds is 5. The molecule has 0 spiro atoms. The fraction of sp³-hybridized carbons (Fsp3) is 0.357. The van der Waals surface area contributed by atoms with Crippen LogP contribution in [0.15, 0.2) is 24.3 Å². The van der Waals surface area contributed by atoms with Crippen LogP contribution in [0.3, 0.4) is 0 Å². The zero-order valence-corrected chi connectivity index (χ0v) is 13.3. The fourth-order valence-electron chi connectivity index (χ4n) is 1.52. The van der Waals surface area contributed by atoms with Crippen LogP contribution in [0.5, 0.6) is 0 Å². The molecular weight excluding hydrogens is 310 g/mol. The number of thiocarbonyl (C=S) groups is 1. The predicted octanol–water partition coefficient (Wildman–Crippen LogP) is 2.09. The SMILES string of the molecule is CCCCC(=O)NC(=S)NNC(=O)Cc1ccc(Cl)cc1. The Balaban J connectivity index is 2.27. The third-order valence-corrected chi connectivity index (χ3v) is 3.06. The number of nitrogens with one attached hydrogen (secondary N) is 3. The molecule has 0 aromatic heterocycles. The highest BCUT2D eigenvalue weighted by Crippen LogP contribution is 2.09. The lowest BCUT2D eigenvalue weighted by Gasteiger charge is -2.10. The molecule has 5 nitrogen and oxygen atoms in total. The monoisotopic (exact) mass is 327 g/mol. The van der Waals surface area contributed by atoms with E-state index in [4.69, 9.17) is 23.8 Å². The summed E-state index contributed by atoms with van der Waals surface area (Å²) in [6, 6.07) is 6.98. The van der Waals surface area contributed by atoms with Gasteiger partial charge in [-0.15, -0.1) is 0 Å². The zero-order valence-electron chi connectivity index (χ0n) is 11.7. The minimum absolute atomic E-state index is 0.0839. The summed E-state index contributed by atoms with van der Waals surface area (Å²) in [6.07, 6.45) is 2.34. The van der Waals surface area contributed by atoms with Crippen molar-refractivity contribution >= 4 is 40.7 Å². The zero-order chi connectivity index (χ0) is 15.7. The van der Waals surface area contributed by atoms with Crippen LogP contribution in [0.1, 0.15) is 31.7 Å². The van der Waals surface area contributed by atoms with Crippen molar-refractivity contribution in [2.45, 2.75) is 32.6 Å². The molecule has 0 unspecified atom stereocenters. The number of amides is 2. The van der Waals surface area contributed by atoms with Crippen molar-refractivity contribution in [2.24, 2.45) is 0 Å². The van der Waals surface area contributed by atoms with Gasteiger partial charge in [0.15, 0.2) is 5.11 Å². The normalized spacial score (nSPS) is 9.81. The minimum atomic E-state index is -0.262. The number of hydrogen-bond acceptors (Lipinski definition) is 3. The quantitative estimate of drug-likeness (QED) is 0.572. The molecule has 21 heavy (non-hydrogen) atoms. The molecule has 2 amide bonds. The van der Waals surface area contributed by atoms with Crippen molar-refractivity contribution in [3.05, 3.63) is 34.9 Å². The van der Waals surface area contributed by atoms with Crippen LogP contribution in [0.4, 0.5) is 0 Å². The van der Waals surface area contributed by atoms with Crippen molar-refractivity contribution in [2.75, 3.05) is 0 Å². The maximum absolute atomic E-state index is 11.7. The van der Waals surface area contributed by atoms with E-state index in [1.807, 2.05) is 6.92 Å². The van der Waals surface area contributed by atoms with Crippen LogP contribution in [0.25, 0.3) is 0 Å². The predicted molar refractivity (Wildman–Crippen MR) is 86.7 cm³/mol. The molecule has 0 aliphatic carbocycles. The Labute approximate surface area is 134 Å². The summed E-state index contributed by atoms with van der Waals surface area (Å²) < 4.78 is 0. The van der Waals surface area contributed by atoms with Gasteiger partial charge in [0.2, 0.25) is 11.8 Å². The van der Waals surface area contributed by atoms with Gasteiger partial charge in [-0.3, -0.25) is 20.4 Å². The van der Waals surface area contributed by atoms with Crippen LogP contribution in [0, 0.1) is 0 Å². The van der Waals surface area contributed by atoms with E-state index in [0.717, 1.165) is 18.4 Å². The molecule has 0 bridgehead atoms. The molecule has 1 aromatic carbocycles. The Morgan fingerprint density at radius 2 is 1.81 bits per heavy atom. The summed E-state index contributed by atoms with van der Waals surface area (Å²) in [5.41, 5.74) is 5.75. The second kappa shape index (κ2) is 9.31. The molecule has 1 rings (SSSR count). The molecule has 114 valence electrons. The van der Waals surface area contributed by atoms with Crippen molar-refractivity contribution < 1.29 is 9.59 Å². The minimum Gasteiger partial charge on any atom is -0.302 e. The second-order valence-electron chi connectivity index (χ2n) is 4.46. The average molecular weight is 328 g/mol. The molecule has 0 saturated carbocycles. The first-order valence-electron chi connectivity index (χ1n) is 6.64. The molecular formula is C14H18ClN3O2S. The van der Waals surface area contributed by atoms with Crippen LogP contribution < -0.4 is 16.2 Å². The summed E-state index contributed by atoms with van der Waals surface area (Å²) in [5, 5.41) is 3.19. The fourth-order valence-corrected chi connectivity index (χ4v) is 1.81. The molecule has 7 heteroatoms. The Morgan fingerprint density at radius 1 is 1.14 bits per heavy atom. The summed E-state index contributed by atoms with van der Waals surface area (Å²) in [7, 11) is 0. The van der Waals surface area contributed by atoms with Gasteiger partial charge in [0.05, 0.1) is 6.42 Å². The highest BCUT2D eigenvalue weighted by atomic mass is 35.5. The molecule has 0 aliphatic heterocycles. The summed E-state index contributed by atoms with van der Waals surface area (Å²) in [4.78, 5) is 23.1. The lowest BCUT2D eigenvalue weighted by molar-refractivity contribution is -0.122. The Hall–Kier alpha value is -1.66. The van der Waals surface area contributed by atoms with E-state index in [1.165, 1.54) is 0 Å². The number of carbonyl (C=O) groups excluding carboxylic acids is 2. The molecule has 0 atom stereocenters. The average Bonchev–Trinajstić information content (AvgIpc) is 2.45. The van der Waals surface area contributed by atoms with E-state index in [1.54, 1.807) is 24.3 Å². The first-order chi connectivity index (χ1) is 10.0. The van der Waals surface area contributed by atoms with Crippen LogP contribution in [-0.2, 0) is 16.0 Å². The van der Waals surface area contributed by atoms with Gasteiger partial charge < -0.3 is 5.32 Å². The van der Waals surface area contributed by atoms with Gasteiger partial charge in [-0.1, -0.05) is 37.1 Å². The first kappa shape index (κ1) is 17.4. The van der Waals surface area contributed by atoms with Crippen molar-refractivity contribution in [3.8, 4) is 0 Å². The first-order valence-corrected chi connectivity index (χ1v) is 7.43. The maximum Gasteiger partial charge on any atom is 0.242 e. The summed E-state index contributed by atoms with van der Waals surface area (Å²) >= 11 is 10.7. The molecule has 0 aliphatic rings. The van der Waals surface area contributed by atoms with Gasteiger partial charge >= 0.3 is 0 Å². The van der Waals surface area contributed by atoms with Gasteiger partial charge in [0, 0.05) is 11.4 Å². The van der Waals surface area contributed by atoms with Gasteiger partial charge in [-0.25, -0.2) is 0 Å². The third kappa shape index (κ3) is 7.63. The van der Waals surface area contributed by atoms with Crippen LogP contribution >= 0.6 is 23.8 Å². The van der Waals surface area contributed by atoms with Crippen molar-refractivity contribution in [1.29, 1.82) is 0 Å². The second-order valence-corrected chi connectivity index (χ2v) is 5.30. The number of hydrazine groups is 1. The number of hydrogen-bond donors (Lipinski definition) is 3. The Bertz CT molecular complexity index is 505. The lowest BCUT2D eigenvalue weighted by Crippen LogP contribution is -2.48. The van der Waals surface area contributed by atoms with E-state index in [9.17, 15) is 9.59 Å². The van der Waals surface area contributed by atoms with E-state index in [0.29, 0.717) is 11.4 Å². The highest BCUT2D eigenvalue weighted by Gasteiger charge is 2.06. The standard InChI is InChI=1S/C14H18ClN3O2S/c1-2-3-4-12(19)16-14(21)18-17-13(20)9-10-5-7-11(15)8-6-10/h5-8H,2-4,9H2,1H3,(H,17,20)(H2,16,18,19,21). The smallest absolute Gasteiger partial charge is 0.242 e. The molecule has 3 N–H and O–H groups in total. The van der Waals surface area contributed by atoms with E-state index in [-0.39, 0.29) is 23.3 Å². The summed E-state index contributed by atoms with van der Waals surface area (Å²) in [5.74, 6) is -0.427. The van der Waals surface area contributed by atoms with Crippen molar-refractivity contribution in [3.63, 3.8) is 0 Å². The van der Waals surface area contributed by atoms with Crippen LogP contribution in [0.2, 0.25) is 5.02 Å². The summed E-state index contributed by atoms with van der Waals surface area (Å²) in [6.45, 7) is 2.00. The Morgan fingerprint density at radius 3 is 2.43 bits per heavy atom. The van der Waals surface area contributed by atoms with E-state index < -0.39 is 0 Å². The third-order valence-electron chi connectivity index (χ3n) is 2.60. The maximum atomic E-state index is 11.7. The molecule has 0 fully saturated rings. The van der Waals surface area contributed by atoms with Crippen LogP contribution in [-0.4, -0.2) is 16.9 Å². The number of carbonyl (C=O) groups is 2. The molecule has 0 radical (unpaired) electrons. The van der Waals surface area contributed by atoms with Gasteiger partial charge in [-0.05, 0) is 36.3 Å². The van der Waals surface area contributed by atoms with Gasteiger partial charge in [0.25, 0.3) is 0 Å². The molecule has 1 aromatic rings. The lowest BCUT2D eigenvalue weighted by atomic mass is 10.1. The number of unbranched alkanes of at least 4 members (excludes halogenated alkanes) is 1. The highest BCUT2D eigenvalue weighted by molar-refractivity contribution is 7.80. The number of halogens is 1. The largest absolute Gasteiger partial charge is 0.302 e. The topological polar surface area (TPSA) is 70.2 Å². The van der Waals surface area contributed by atoms with E-state index in [2.05, 4.69) is 16.2 Å². The molecule has 0 saturated heterocycles. The van der Waals surface area contributed by atoms with E-state index >= 15 is 0 Å². The van der Waals surface area contributed by atoms with Gasteiger partial charge in [-0.2, -0.15) is 0 Å². The molecule has 0 heterocycles. The van der Waals surface area contributed by atoms with Gasteiger partial charge in [0.1, 0.15) is 0 Å². The van der Waals surface area contributed by atoms with Crippen molar-refractivity contribution in [1.82, 2.24) is 16.2 Å².